The highest BCUT2D eigenvalue weighted by molar-refractivity contribution is 5.84. The van der Waals surface area contributed by atoms with E-state index in [1.807, 2.05) is 31.2 Å². The van der Waals surface area contributed by atoms with Gasteiger partial charge in [-0.2, -0.15) is 0 Å². The Morgan fingerprint density at radius 2 is 1.85 bits per heavy atom. The molecule has 1 heterocycles. The van der Waals surface area contributed by atoms with Crippen LogP contribution in [-0.2, 0) is 11.3 Å². The average molecular weight is 376 g/mol. The molecule has 1 fully saturated rings. The number of likely N-dealkylation sites (tertiary alicyclic amines) is 1. The van der Waals surface area contributed by atoms with E-state index in [9.17, 15) is 4.79 Å². The third-order valence-corrected chi connectivity index (χ3v) is 4.54. The number of amides is 1. The van der Waals surface area contributed by atoms with Gasteiger partial charge in [0, 0.05) is 26.2 Å². The largest absolute Gasteiger partial charge is 0.497 e. The monoisotopic (exact) mass is 375 g/mol. The van der Waals surface area contributed by atoms with Gasteiger partial charge >= 0.3 is 0 Å². The van der Waals surface area contributed by atoms with Crippen LogP contribution in [0.1, 0.15) is 31.7 Å². The molecule has 7 heteroatoms. The van der Waals surface area contributed by atoms with Gasteiger partial charge in [-0.3, -0.25) is 4.79 Å². The van der Waals surface area contributed by atoms with Crippen molar-refractivity contribution in [2.24, 2.45) is 4.99 Å². The van der Waals surface area contributed by atoms with Crippen LogP contribution in [0.3, 0.4) is 0 Å². The van der Waals surface area contributed by atoms with Crippen LogP contribution in [0.4, 0.5) is 0 Å². The summed E-state index contributed by atoms with van der Waals surface area (Å²) in [5, 5.41) is 9.39. The first kappa shape index (κ1) is 21.0. The summed E-state index contributed by atoms with van der Waals surface area (Å²) in [6.07, 6.45) is 3.94. The van der Waals surface area contributed by atoms with Crippen LogP contribution in [0.25, 0.3) is 0 Å². The van der Waals surface area contributed by atoms with Gasteiger partial charge in [-0.15, -0.1) is 0 Å². The minimum Gasteiger partial charge on any atom is -0.497 e. The summed E-state index contributed by atoms with van der Waals surface area (Å²) >= 11 is 0. The van der Waals surface area contributed by atoms with Crippen LogP contribution in [0, 0.1) is 0 Å². The molecular formula is C20H33N5O2. The Morgan fingerprint density at radius 1 is 1.11 bits per heavy atom. The van der Waals surface area contributed by atoms with E-state index in [0.29, 0.717) is 12.5 Å². The number of ether oxygens (including phenoxy) is 1. The number of hydrogen-bond acceptors (Lipinski definition) is 4. The van der Waals surface area contributed by atoms with E-state index in [1.165, 1.54) is 32.4 Å². The molecular weight excluding hydrogens is 342 g/mol. The van der Waals surface area contributed by atoms with Crippen LogP contribution in [-0.4, -0.2) is 63.1 Å². The van der Waals surface area contributed by atoms with Gasteiger partial charge in [0.25, 0.3) is 0 Å². The number of guanidine groups is 1. The fraction of sp³-hybridized carbons (Fsp3) is 0.600. The van der Waals surface area contributed by atoms with E-state index in [2.05, 4.69) is 25.8 Å². The zero-order valence-corrected chi connectivity index (χ0v) is 16.6. The third-order valence-electron chi connectivity index (χ3n) is 4.54. The van der Waals surface area contributed by atoms with E-state index in [4.69, 9.17) is 4.74 Å². The summed E-state index contributed by atoms with van der Waals surface area (Å²) in [5.41, 5.74) is 1.03. The molecule has 0 spiro atoms. The topological polar surface area (TPSA) is 78.0 Å². The number of carbonyl (C=O) groups is 1. The molecule has 0 saturated carbocycles. The predicted octanol–water partition coefficient (Wildman–Crippen LogP) is 1.35. The first-order chi connectivity index (χ1) is 13.2. The molecule has 3 N–H and O–H groups in total. The van der Waals surface area contributed by atoms with Gasteiger partial charge in [0.1, 0.15) is 12.3 Å². The summed E-state index contributed by atoms with van der Waals surface area (Å²) in [4.78, 5) is 18.9. The van der Waals surface area contributed by atoms with Crippen molar-refractivity contribution < 1.29 is 9.53 Å². The van der Waals surface area contributed by atoms with E-state index in [0.717, 1.165) is 30.9 Å². The highest BCUT2D eigenvalue weighted by Crippen LogP contribution is 2.10. The minimum atomic E-state index is -0.0981. The maximum Gasteiger partial charge on any atom is 0.242 e. The number of piperidine rings is 1. The Bertz CT molecular complexity index is 583. The zero-order chi connectivity index (χ0) is 19.3. The molecule has 1 aromatic rings. The van der Waals surface area contributed by atoms with Crippen molar-refractivity contribution in [1.29, 1.82) is 0 Å². The lowest BCUT2D eigenvalue weighted by Crippen LogP contribution is -2.43. The molecule has 150 valence electrons. The number of aliphatic imine (C=N–C) groups is 1. The number of hydrogen-bond donors (Lipinski definition) is 3. The second kappa shape index (κ2) is 12.2. The molecule has 0 radical (unpaired) electrons. The van der Waals surface area contributed by atoms with Gasteiger partial charge in [0.15, 0.2) is 5.96 Å². The van der Waals surface area contributed by atoms with Crippen LogP contribution < -0.4 is 20.7 Å². The van der Waals surface area contributed by atoms with Crippen molar-refractivity contribution in [3.63, 3.8) is 0 Å². The highest BCUT2D eigenvalue weighted by Gasteiger charge is 2.09. The molecule has 0 atom stereocenters. The molecule has 27 heavy (non-hydrogen) atoms. The van der Waals surface area contributed by atoms with E-state index in [1.54, 1.807) is 7.11 Å². The van der Waals surface area contributed by atoms with Gasteiger partial charge in [-0.05, 0) is 50.6 Å². The van der Waals surface area contributed by atoms with E-state index in [-0.39, 0.29) is 12.5 Å². The molecule has 2 rings (SSSR count). The fourth-order valence-corrected chi connectivity index (χ4v) is 3.01. The van der Waals surface area contributed by atoms with Crippen molar-refractivity contribution in [3.8, 4) is 5.75 Å². The summed E-state index contributed by atoms with van der Waals surface area (Å²) in [5.74, 6) is 1.40. The number of nitrogens with zero attached hydrogens (tertiary/aromatic N) is 2. The highest BCUT2D eigenvalue weighted by atomic mass is 16.5. The zero-order valence-electron chi connectivity index (χ0n) is 16.6. The molecule has 1 aromatic carbocycles. The summed E-state index contributed by atoms with van der Waals surface area (Å²) in [7, 11) is 1.64. The Hall–Kier alpha value is -2.28. The molecule has 0 aliphatic carbocycles. The average Bonchev–Trinajstić information content (AvgIpc) is 2.71. The van der Waals surface area contributed by atoms with Crippen LogP contribution in [0.2, 0.25) is 0 Å². The number of nitrogens with one attached hydrogen (secondary N) is 3. The Kier molecular flexibility index (Phi) is 9.48. The molecule has 1 amide bonds. The van der Waals surface area contributed by atoms with Crippen molar-refractivity contribution >= 4 is 11.9 Å². The van der Waals surface area contributed by atoms with Crippen molar-refractivity contribution in [2.75, 3.05) is 46.4 Å². The Labute approximate surface area is 162 Å². The second-order valence-corrected chi connectivity index (χ2v) is 6.65. The van der Waals surface area contributed by atoms with Crippen molar-refractivity contribution in [1.82, 2.24) is 20.9 Å². The van der Waals surface area contributed by atoms with E-state index >= 15 is 0 Å². The van der Waals surface area contributed by atoms with Crippen molar-refractivity contribution in [3.05, 3.63) is 29.8 Å². The van der Waals surface area contributed by atoms with Crippen LogP contribution in [0.5, 0.6) is 5.75 Å². The molecule has 1 aliphatic rings. The van der Waals surface area contributed by atoms with Gasteiger partial charge in [-0.1, -0.05) is 18.6 Å². The quantitative estimate of drug-likeness (QED) is 0.449. The summed E-state index contributed by atoms with van der Waals surface area (Å²) in [6.45, 7) is 7.58. The summed E-state index contributed by atoms with van der Waals surface area (Å²) < 4.78 is 5.13. The molecule has 0 aromatic heterocycles. The maximum atomic E-state index is 12.1. The van der Waals surface area contributed by atoms with Gasteiger partial charge in [0.05, 0.1) is 7.11 Å². The van der Waals surface area contributed by atoms with Crippen molar-refractivity contribution in [2.45, 2.75) is 32.7 Å². The Balaban J connectivity index is 1.70. The second-order valence-electron chi connectivity index (χ2n) is 6.65. The molecule has 1 saturated heterocycles. The minimum absolute atomic E-state index is 0.0981. The van der Waals surface area contributed by atoms with Gasteiger partial charge in [-0.25, -0.2) is 4.99 Å². The standard InChI is InChI=1S/C20H33N5O2/c1-3-21-20(22-11-14-25-12-5-4-6-13-25)24-16-19(26)23-15-17-7-9-18(27-2)10-8-17/h7-10H,3-6,11-16H2,1-2H3,(H,23,26)(H2,21,22,24). The predicted molar refractivity (Wildman–Crippen MR) is 109 cm³/mol. The maximum absolute atomic E-state index is 12.1. The molecule has 0 unspecified atom stereocenters. The lowest BCUT2D eigenvalue weighted by molar-refractivity contribution is -0.119. The number of rotatable bonds is 9. The number of carbonyl (C=O) groups excluding carboxylic acids is 1. The van der Waals surface area contributed by atoms with Gasteiger partial charge < -0.3 is 25.6 Å². The SMILES string of the molecule is CCNC(=NCC(=O)NCc1ccc(OC)cc1)NCCN1CCCCC1. The van der Waals surface area contributed by atoms with Crippen LogP contribution in [0.15, 0.2) is 29.3 Å². The molecule has 0 bridgehead atoms. The first-order valence-electron chi connectivity index (χ1n) is 9.85. The smallest absolute Gasteiger partial charge is 0.242 e. The lowest BCUT2D eigenvalue weighted by Gasteiger charge is -2.26. The Morgan fingerprint density at radius 3 is 2.52 bits per heavy atom. The van der Waals surface area contributed by atoms with Crippen LogP contribution >= 0.6 is 0 Å². The van der Waals surface area contributed by atoms with Gasteiger partial charge in [0.2, 0.25) is 5.91 Å². The summed E-state index contributed by atoms with van der Waals surface area (Å²) in [6, 6.07) is 7.65. The lowest BCUT2D eigenvalue weighted by atomic mass is 10.1. The third kappa shape index (κ3) is 8.30. The molecule has 7 nitrogen and oxygen atoms in total. The first-order valence-corrected chi connectivity index (χ1v) is 9.85. The number of methoxy groups -OCH3 is 1. The van der Waals surface area contributed by atoms with E-state index < -0.39 is 0 Å². The normalized spacial score (nSPS) is 15.3. The molecule has 1 aliphatic heterocycles. The fourth-order valence-electron chi connectivity index (χ4n) is 3.01. The number of benzene rings is 1.